The molecule has 0 radical (unpaired) electrons. The molecule has 0 aliphatic rings. The molecule has 1 aromatic carbocycles. The van der Waals surface area contributed by atoms with Crippen LogP contribution in [0.1, 0.15) is 37.6 Å². The van der Waals surface area contributed by atoms with Gasteiger partial charge in [0.25, 0.3) is 5.91 Å². The first-order valence-corrected chi connectivity index (χ1v) is 8.23. The van der Waals surface area contributed by atoms with Gasteiger partial charge in [0.05, 0.1) is 18.2 Å². The number of nitrogens with two attached hydrogens (primary N) is 1. The van der Waals surface area contributed by atoms with Crippen LogP contribution in [-0.4, -0.2) is 32.2 Å². The van der Waals surface area contributed by atoms with Gasteiger partial charge in [0, 0.05) is 18.2 Å². The summed E-state index contributed by atoms with van der Waals surface area (Å²) < 4.78 is 11.5. The third-order valence-corrected chi connectivity index (χ3v) is 3.75. The van der Waals surface area contributed by atoms with Crippen LogP contribution in [0.15, 0.2) is 16.6 Å². The molecule has 0 aromatic heterocycles. The summed E-state index contributed by atoms with van der Waals surface area (Å²) in [5, 5.41) is 2.96. The van der Waals surface area contributed by atoms with Crippen molar-refractivity contribution in [3.63, 3.8) is 0 Å². The molecule has 132 valence electrons. The first-order chi connectivity index (χ1) is 10.4. The van der Waals surface area contributed by atoms with Crippen LogP contribution >= 0.6 is 28.3 Å². The molecular weight excluding hydrogens is 384 g/mol. The molecule has 7 heteroatoms. The van der Waals surface area contributed by atoms with Gasteiger partial charge in [-0.3, -0.25) is 4.79 Å². The van der Waals surface area contributed by atoms with E-state index in [0.717, 1.165) is 6.42 Å². The Balaban J connectivity index is 0.00000484. The molecular formula is C16H26BrClN2O3. The lowest BCUT2D eigenvalue weighted by Gasteiger charge is -2.19. The van der Waals surface area contributed by atoms with Crippen LogP contribution in [-0.2, 0) is 0 Å². The van der Waals surface area contributed by atoms with Crippen molar-refractivity contribution in [2.75, 3.05) is 20.3 Å². The largest absolute Gasteiger partial charge is 0.493 e. The fourth-order valence-corrected chi connectivity index (χ4v) is 2.74. The molecule has 0 fully saturated rings. The Morgan fingerprint density at radius 1 is 1.39 bits per heavy atom. The fraction of sp³-hybridized carbons (Fsp3) is 0.562. The maximum Gasteiger partial charge on any atom is 0.251 e. The number of amides is 1. The third kappa shape index (κ3) is 6.57. The van der Waals surface area contributed by atoms with E-state index in [4.69, 9.17) is 15.2 Å². The minimum absolute atomic E-state index is 0. The van der Waals surface area contributed by atoms with Crippen LogP contribution in [0.4, 0.5) is 0 Å². The lowest BCUT2D eigenvalue weighted by atomic mass is 10.0. The van der Waals surface area contributed by atoms with E-state index in [1.807, 2.05) is 6.92 Å². The van der Waals surface area contributed by atoms with Crippen molar-refractivity contribution in [1.82, 2.24) is 5.32 Å². The van der Waals surface area contributed by atoms with Crippen LogP contribution in [0.2, 0.25) is 0 Å². The maximum atomic E-state index is 12.4. The van der Waals surface area contributed by atoms with Crippen LogP contribution in [0.3, 0.4) is 0 Å². The molecule has 23 heavy (non-hydrogen) atoms. The van der Waals surface area contributed by atoms with Gasteiger partial charge in [-0.15, -0.1) is 12.4 Å². The standard InChI is InChI=1S/C16H25BrN2O3.ClH/c1-5-22-15-13(17)7-11(8-14(15)21-4)16(20)19-12(9-18)6-10(2)3;/h7-8,10,12H,5-6,9,18H2,1-4H3,(H,19,20);1H. The molecule has 0 aliphatic carbocycles. The van der Waals surface area contributed by atoms with E-state index >= 15 is 0 Å². The summed E-state index contributed by atoms with van der Waals surface area (Å²) >= 11 is 3.42. The molecule has 1 aromatic rings. The third-order valence-electron chi connectivity index (χ3n) is 3.16. The van der Waals surface area contributed by atoms with Gasteiger partial charge in [-0.05, 0) is 47.3 Å². The summed E-state index contributed by atoms with van der Waals surface area (Å²) in [6.07, 6.45) is 0.845. The molecule has 0 aliphatic heterocycles. The molecule has 5 nitrogen and oxygen atoms in total. The number of hydrogen-bond acceptors (Lipinski definition) is 4. The Labute approximate surface area is 152 Å². The van der Waals surface area contributed by atoms with Crippen LogP contribution < -0.4 is 20.5 Å². The summed E-state index contributed by atoms with van der Waals surface area (Å²) in [6.45, 7) is 7.03. The van der Waals surface area contributed by atoms with Crippen molar-refractivity contribution < 1.29 is 14.3 Å². The van der Waals surface area contributed by atoms with Crippen molar-refractivity contribution in [2.45, 2.75) is 33.2 Å². The first-order valence-electron chi connectivity index (χ1n) is 7.44. The van der Waals surface area contributed by atoms with Gasteiger partial charge in [0.2, 0.25) is 0 Å². The predicted molar refractivity (Wildman–Crippen MR) is 98.9 cm³/mol. The normalized spacial score (nSPS) is 11.6. The van der Waals surface area contributed by atoms with Gasteiger partial charge in [-0.1, -0.05) is 13.8 Å². The average Bonchev–Trinajstić information content (AvgIpc) is 2.47. The van der Waals surface area contributed by atoms with E-state index in [-0.39, 0.29) is 24.4 Å². The highest BCUT2D eigenvalue weighted by molar-refractivity contribution is 9.10. The van der Waals surface area contributed by atoms with E-state index in [2.05, 4.69) is 35.1 Å². The number of carbonyl (C=O) groups is 1. The highest BCUT2D eigenvalue weighted by atomic mass is 79.9. The lowest BCUT2D eigenvalue weighted by Crippen LogP contribution is -2.41. The molecule has 0 heterocycles. The number of benzene rings is 1. The molecule has 0 saturated carbocycles. The van der Waals surface area contributed by atoms with Crippen molar-refractivity contribution in [3.8, 4) is 11.5 Å². The van der Waals surface area contributed by atoms with E-state index in [0.29, 0.717) is 40.6 Å². The second-order valence-electron chi connectivity index (χ2n) is 5.46. The minimum atomic E-state index is -0.168. The SMILES string of the molecule is CCOc1c(Br)cc(C(=O)NC(CN)CC(C)C)cc1OC.Cl. The number of nitrogens with one attached hydrogen (secondary N) is 1. The Morgan fingerprint density at radius 2 is 2.04 bits per heavy atom. The molecule has 1 rings (SSSR count). The fourth-order valence-electron chi connectivity index (χ4n) is 2.19. The van der Waals surface area contributed by atoms with Crippen molar-refractivity contribution in [2.24, 2.45) is 11.7 Å². The van der Waals surface area contributed by atoms with Gasteiger partial charge in [-0.25, -0.2) is 0 Å². The first kappa shape index (κ1) is 22.0. The molecule has 1 amide bonds. The number of ether oxygens (including phenoxy) is 2. The minimum Gasteiger partial charge on any atom is -0.493 e. The van der Waals surface area contributed by atoms with E-state index in [1.165, 1.54) is 0 Å². The zero-order chi connectivity index (χ0) is 16.7. The topological polar surface area (TPSA) is 73.6 Å². The number of carbonyl (C=O) groups excluding carboxylic acids is 1. The summed E-state index contributed by atoms with van der Waals surface area (Å²) in [5.74, 6) is 1.42. The van der Waals surface area contributed by atoms with Gasteiger partial charge < -0.3 is 20.5 Å². The monoisotopic (exact) mass is 408 g/mol. The number of halogens is 2. The highest BCUT2D eigenvalue weighted by Gasteiger charge is 2.18. The predicted octanol–water partition coefficient (Wildman–Crippen LogP) is 3.38. The van der Waals surface area contributed by atoms with Crippen LogP contribution in [0.25, 0.3) is 0 Å². The Morgan fingerprint density at radius 3 is 2.52 bits per heavy atom. The number of methoxy groups -OCH3 is 1. The van der Waals surface area contributed by atoms with Crippen molar-refractivity contribution >= 4 is 34.2 Å². The van der Waals surface area contributed by atoms with Crippen molar-refractivity contribution in [3.05, 3.63) is 22.2 Å². The van der Waals surface area contributed by atoms with Gasteiger partial charge in [0.1, 0.15) is 0 Å². The zero-order valence-electron chi connectivity index (χ0n) is 14.0. The number of hydrogen-bond donors (Lipinski definition) is 2. The summed E-state index contributed by atoms with van der Waals surface area (Å²) in [4.78, 5) is 12.4. The summed E-state index contributed by atoms with van der Waals surface area (Å²) in [5.41, 5.74) is 6.24. The molecule has 1 unspecified atom stereocenters. The molecule has 0 saturated heterocycles. The second kappa shape index (κ2) is 10.7. The van der Waals surface area contributed by atoms with Crippen LogP contribution in [0.5, 0.6) is 11.5 Å². The van der Waals surface area contributed by atoms with Gasteiger partial charge >= 0.3 is 0 Å². The summed E-state index contributed by atoms with van der Waals surface area (Å²) in [7, 11) is 1.55. The molecule has 1 atom stereocenters. The quantitative estimate of drug-likeness (QED) is 0.690. The van der Waals surface area contributed by atoms with Gasteiger partial charge in [-0.2, -0.15) is 0 Å². The van der Waals surface area contributed by atoms with Crippen molar-refractivity contribution in [1.29, 1.82) is 0 Å². The average molecular weight is 410 g/mol. The second-order valence-corrected chi connectivity index (χ2v) is 6.31. The highest BCUT2D eigenvalue weighted by Crippen LogP contribution is 2.36. The maximum absolute atomic E-state index is 12.4. The molecule has 0 bridgehead atoms. The van der Waals surface area contributed by atoms with Gasteiger partial charge in [0.15, 0.2) is 11.5 Å². The lowest BCUT2D eigenvalue weighted by molar-refractivity contribution is 0.0933. The van der Waals surface area contributed by atoms with E-state index < -0.39 is 0 Å². The molecule has 3 N–H and O–H groups in total. The number of rotatable bonds is 8. The summed E-state index contributed by atoms with van der Waals surface area (Å²) in [6, 6.07) is 3.36. The Hall–Kier alpha value is -0.980. The smallest absolute Gasteiger partial charge is 0.251 e. The van der Waals surface area contributed by atoms with E-state index in [1.54, 1.807) is 19.2 Å². The zero-order valence-corrected chi connectivity index (χ0v) is 16.4. The Bertz CT molecular complexity index is 512. The van der Waals surface area contributed by atoms with E-state index in [9.17, 15) is 4.79 Å². The molecule has 0 spiro atoms. The Kier molecular flexibility index (Phi) is 10.3. The van der Waals surface area contributed by atoms with Crippen LogP contribution in [0, 0.1) is 5.92 Å².